The lowest BCUT2D eigenvalue weighted by Gasteiger charge is -2.37. The van der Waals surface area contributed by atoms with E-state index in [1.54, 1.807) is 0 Å². The van der Waals surface area contributed by atoms with Gasteiger partial charge in [-0.15, -0.1) is 0 Å². The first kappa shape index (κ1) is 12.4. The van der Waals surface area contributed by atoms with Crippen LogP contribution in [0.25, 0.3) is 0 Å². The summed E-state index contributed by atoms with van der Waals surface area (Å²) in [6.07, 6.45) is 4.66. The molecule has 4 heteroatoms. The van der Waals surface area contributed by atoms with Crippen LogP contribution in [0.15, 0.2) is 0 Å². The minimum absolute atomic E-state index is 0.0331. The Bertz CT molecular complexity index is 330. The molecule has 1 amide bonds. The molecule has 2 aliphatic rings. The second-order valence-corrected chi connectivity index (χ2v) is 5.25. The van der Waals surface area contributed by atoms with E-state index in [0.29, 0.717) is 0 Å². The fraction of sp³-hybridized carbons (Fsp3) is 0.846. The van der Waals surface area contributed by atoms with Crippen molar-refractivity contribution in [1.82, 2.24) is 10.2 Å². The molecule has 94 valence electrons. The second-order valence-electron chi connectivity index (χ2n) is 5.25. The summed E-state index contributed by atoms with van der Waals surface area (Å²) in [6, 6.07) is 2.44. The van der Waals surface area contributed by atoms with Crippen molar-refractivity contribution in [2.75, 3.05) is 19.6 Å². The van der Waals surface area contributed by atoms with E-state index < -0.39 is 5.41 Å². The molecule has 0 aromatic heterocycles. The topological polar surface area (TPSA) is 56.1 Å². The van der Waals surface area contributed by atoms with E-state index in [1.165, 1.54) is 0 Å². The molecule has 1 saturated heterocycles. The molecular weight excluding hydrogens is 214 g/mol. The smallest absolute Gasteiger partial charge is 0.240 e. The molecule has 1 N–H and O–H groups in total. The third-order valence-corrected chi connectivity index (χ3v) is 4.14. The summed E-state index contributed by atoms with van der Waals surface area (Å²) >= 11 is 0. The summed E-state index contributed by atoms with van der Waals surface area (Å²) < 4.78 is 0. The van der Waals surface area contributed by atoms with Crippen LogP contribution in [0.2, 0.25) is 0 Å². The van der Waals surface area contributed by atoms with Gasteiger partial charge in [-0.1, -0.05) is 6.92 Å². The highest BCUT2D eigenvalue weighted by Gasteiger charge is 2.45. The Balaban J connectivity index is 1.88. The summed E-state index contributed by atoms with van der Waals surface area (Å²) in [6.45, 7) is 5.25. The first-order valence-corrected chi connectivity index (χ1v) is 6.65. The largest absolute Gasteiger partial charge is 0.351 e. The Hall–Kier alpha value is -1.08. The minimum Gasteiger partial charge on any atom is -0.351 e. The lowest BCUT2D eigenvalue weighted by Crippen LogP contribution is -2.53. The predicted molar refractivity (Wildman–Crippen MR) is 65.2 cm³/mol. The second kappa shape index (κ2) is 5.05. The molecule has 1 aliphatic carbocycles. The van der Waals surface area contributed by atoms with Crippen molar-refractivity contribution >= 4 is 5.91 Å². The van der Waals surface area contributed by atoms with E-state index >= 15 is 0 Å². The number of hydrogen-bond acceptors (Lipinski definition) is 3. The maximum Gasteiger partial charge on any atom is 0.240 e. The van der Waals surface area contributed by atoms with Crippen LogP contribution in [0.5, 0.6) is 0 Å². The van der Waals surface area contributed by atoms with Crippen LogP contribution < -0.4 is 5.32 Å². The number of carbonyl (C=O) groups is 1. The Kier molecular flexibility index (Phi) is 3.68. The predicted octanol–water partition coefficient (Wildman–Crippen LogP) is 1.28. The van der Waals surface area contributed by atoms with Gasteiger partial charge in [0.15, 0.2) is 0 Å². The molecule has 0 bridgehead atoms. The van der Waals surface area contributed by atoms with Crippen molar-refractivity contribution in [1.29, 1.82) is 5.26 Å². The maximum absolute atomic E-state index is 12.1. The maximum atomic E-state index is 12.1. The number of hydrogen-bond donors (Lipinski definition) is 1. The van der Waals surface area contributed by atoms with Gasteiger partial charge in [0.25, 0.3) is 0 Å². The lowest BCUT2D eigenvalue weighted by molar-refractivity contribution is -0.132. The molecule has 0 spiro atoms. The number of piperidine rings is 1. The zero-order chi connectivity index (χ0) is 12.3. The zero-order valence-electron chi connectivity index (χ0n) is 10.5. The van der Waals surface area contributed by atoms with E-state index in [-0.39, 0.29) is 11.9 Å². The minimum atomic E-state index is -0.700. The summed E-state index contributed by atoms with van der Waals surface area (Å²) in [7, 11) is 0. The number of amides is 1. The lowest BCUT2D eigenvalue weighted by atomic mass is 9.69. The van der Waals surface area contributed by atoms with Crippen molar-refractivity contribution < 1.29 is 4.79 Å². The Morgan fingerprint density at radius 1 is 1.53 bits per heavy atom. The van der Waals surface area contributed by atoms with Crippen molar-refractivity contribution in [2.45, 2.75) is 45.1 Å². The number of nitrogens with zero attached hydrogens (tertiary/aromatic N) is 2. The van der Waals surface area contributed by atoms with Gasteiger partial charge < -0.3 is 10.2 Å². The standard InChI is InChI=1S/C13H21N3O/c1-2-16-8-3-5-11(9-16)15-12(17)13(10-14)6-4-7-13/h11H,2-9H2,1H3,(H,15,17). The van der Waals surface area contributed by atoms with E-state index in [0.717, 1.165) is 51.7 Å². The van der Waals surface area contributed by atoms with E-state index in [2.05, 4.69) is 23.2 Å². The fourth-order valence-corrected chi connectivity index (χ4v) is 2.70. The Morgan fingerprint density at radius 3 is 2.82 bits per heavy atom. The Morgan fingerprint density at radius 2 is 2.29 bits per heavy atom. The van der Waals surface area contributed by atoms with Gasteiger partial charge in [0.1, 0.15) is 5.41 Å². The normalized spacial score (nSPS) is 27.9. The van der Waals surface area contributed by atoms with E-state index in [1.807, 2.05) is 0 Å². The summed E-state index contributed by atoms with van der Waals surface area (Å²) in [4.78, 5) is 14.4. The van der Waals surface area contributed by atoms with Gasteiger partial charge in [0.05, 0.1) is 6.07 Å². The number of rotatable bonds is 3. The molecule has 17 heavy (non-hydrogen) atoms. The van der Waals surface area contributed by atoms with Crippen molar-refractivity contribution in [3.05, 3.63) is 0 Å². The molecule has 1 unspecified atom stereocenters. The van der Waals surface area contributed by atoms with Gasteiger partial charge >= 0.3 is 0 Å². The summed E-state index contributed by atoms with van der Waals surface area (Å²) in [5.41, 5.74) is -0.700. The number of carbonyl (C=O) groups excluding carboxylic acids is 1. The highest BCUT2D eigenvalue weighted by Crippen LogP contribution is 2.40. The molecule has 2 fully saturated rings. The van der Waals surface area contributed by atoms with Crippen LogP contribution in [0.1, 0.15) is 39.0 Å². The molecule has 2 rings (SSSR count). The third kappa shape index (κ3) is 2.44. The summed E-state index contributed by atoms with van der Waals surface area (Å²) in [5, 5.41) is 12.2. The molecule has 4 nitrogen and oxygen atoms in total. The summed E-state index contributed by atoms with van der Waals surface area (Å²) in [5.74, 6) is -0.0331. The van der Waals surface area contributed by atoms with Gasteiger partial charge in [0, 0.05) is 12.6 Å². The molecule has 0 aromatic carbocycles. The first-order chi connectivity index (χ1) is 8.20. The van der Waals surface area contributed by atoms with Crippen LogP contribution in [0.3, 0.4) is 0 Å². The van der Waals surface area contributed by atoms with Crippen LogP contribution in [0, 0.1) is 16.7 Å². The molecular formula is C13H21N3O. The number of likely N-dealkylation sites (N-methyl/N-ethyl adjacent to an activating group) is 1. The zero-order valence-corrected chi connectivity index (χ0v) is 10.5. The molecule has 0 aromatic rings. The average molecular weight is 235 g/mol. The Labute approximate surface area is 103 Å². The highest BCUT2D eigenvalue weighted by molar-refractivity contribution is 5.86. The number of nitriles is 1. The molecule has 1 saturated carbocycles. The number of nitrogens with one attached hydrogen (secondary N) is 1. The van der Waals surface area contributed by atoms with E-state index in [4.69, 9.17) is 5.26 Å². The van der Waals surface area contributed by atoms with Gasteiger partial charge in [-0.05, 0) is 45.2 Å². The van der Waals surface area contributed by atoms with Gasteiger partial charge in [0.2, 0.25) is 5.91 Å². The molecule has 1 aliphatic heterocycles. The fourth-order valence-electron chi connectivity index (χ4n) is 2.70. The van der Waals surface area contributed by atoms with Crippen LogP contribution in [-0.4, -0.2) is 36.5 Å². The molecule has 0 radical (unpaired) electrons. The highest BCUT2D eigenvalue weighted by atomic mass is 16.2. The van der Waals surface area contributed by atoms with Crippen LogP contribution in [0.4, 0.5) is 0 Å². The van der Waals surface area contributed by atoms with Gasteiger partial charge in [-0.3, -0.25) is 4.79 Å². The van der Waals surface area contributed by atoms with Crippen molar-refractivity contribution in [3.8, 4) is 6.07 Å². The SMILES string of the molecule is CCN1CCCC(NC(=O)C2(C#N)CCC2)C1. The molecule has 1 atom stereocenters. The third-order valence-electron chi connectivity index (χ3n) is 4.14. The first-order valence-electron chi connectivity index (χ1n) is 6.65. The van der Waals surface area contributed by atoms with Gasteiger partial charge in [-0.25, -0.2) is 0 Å². The average Bonchev–Trinajstić information content (AvgIpc) is 2.28. The van der Waals surface area contributed by atoms with E-state index in [9.17, 15) is 4.79 Å². The van der Waals surface area contributed by atoms with Crippen LogP contribution in [-0.2, 0) is 4.79 Å². The monoisotopic (exact) mass is 235 g/mol. The van der Waals surface area contributed by atoms with Crippen molar-refractivity contribution in [3.63, 3.8) is 0 Å². The van der Waals surface area contributed by atoms with Crippen molar-refractivity contribution in [2.24, 2.45) is 5.41 Å². The quantitative estimate of drug-likeness (QED) is 0.801. The van der Waals surface area contributed by atoms with Crippen LogP contribution >= 0.6 is 0 Å². The number of likely N-dealkylation sites (tertiary alicyclic amines) is 1. The van der Waals surface area contributed by atoms with Gasteiger partial charge in [-0.2, -0.15) is 5.26 Å². The molecule has 1 heterocycles.